The van der Waals surface area contributed by atoms with Crippen LogP contribution in [0.5, 0.6) is 0 Å². The Balaban J connectivity index is 1.79. The van der Waals surface area contributed by atoms with Gasteiger partial charge in [-0.2, -0.15) is 0 Å². The number of carbonyl (C=O) groups is 1. The minimum Gasteiger partial charge on any atom is -0.454 e. The highest BCUT2D eigenvalue weighted by molar-refractivity contribution is 7.14. The van der Waals surface area contributed by atoms with Crippen molar-refractivity contribution in [2.75, 3.05) is 11.9 Å². The SMILES string of the molecule is CCNc1scnc1C(=O)OCc1cc(=O)n2c(C)cccc2n1. The van der Waals surface area contributed by atoms with Gasteiger partial charge in [0.2, 0.25) is 0 Å². The van der Waals surface area contributed by atoms with E-state index in [1.54, 1.807) is 11.6 Å². The zero-order chi connectivity index (χ0) is 17.1. The van der Waals surface area contributed by atoms with Crippen LogP contribution in [-0.4, -0.2) is 26.9 Å². The third-order valence-electron chi connectivity index (χ3n) is 3.38. The summed E-state index contributed by atoms with van der Waals surface area (Å²) in [5.41, 5.74) is 3.35. The molecule has 0 aliphatic carbocycles. The summed E-state index contributed by atoms with van der Waals surface area (Å²) < 4.78 is 6.76. The first-order valence-corrected chi connectivity index (χ1v) is 8.31. The Morgan fingerprint density at radius 2 is 2.25 bits per heavy atom. The first-order valence-electron chi connectivity index (χ1n) is 7.43. The van der Waals surface area contributed by atoms with Crippen LogP contribution in [0, 0.1) is 6.92 Å². The lowest BCUT2D eigenvalue weighted by Crippen LogP contribution is -2.18. The van der Waals surface area contributed by atoms with Crippen LogP contribution in [0.15, 0.2) is 34.6 Å². The van der Waals surface area contributed by atoms with Gasteiger partial charge in [0.05, 0.1) is 11.2 Å². The number of anilines is 1. The average molecular weight is 344 g/mol. The number of hydrogen-bond donors (Lipinski definition) is 1. The van der Waals surface area contributed by atoms with Crippen LogP contribution in [0.3, 0.4) is 0 Å². The van der Waals surface area contributed by atoms with E-state index in [0.717, 1.165) is 5.69 Å². The van der Waals surface area contributed by atoms with E-state index in [0.29, 0.717) is 22.9 Å². The van der Waals surface area contributed by atoms with Crippen LogP contribution in [0.4, 0.5) is 5.00 Å². The van der Waals surface area contributed by atoms with E-state index in [9.17, 15) is 9.59 Å². The molecule has 0 saturated carbocycles. The Kier molecular flexibility index (Phi) is 4.57. The van der Waals surface area contributed by atoms with Gasteiger partial charge in [-0.05, 0) is 26.0 Å². The molecule has 3 aromatic heterocycles. The highest BCUT2D eigenvalue weighted by atomic mass is 32.1. The Morgan fingerprint density at radius 1 is 1.42 bits per heavy atom. The maximum absolute atomic E-state index is 12.2. The lowest BCUT2D eigenvalue weighted by molar-refractivity contribution is 0.0463. The second-order valence-electron chi connectivity index (χ2n) is 5.08. The second-order valence-corrected chi connectivity index (χ2v) is 5.94. The lowest BCUT2D eigenvalue weighted by Gasteiger charge is -2.07. The smallest absolute Gasteiger partial charge is 0.360 e. The van der Waals surface area contributed by atoms with Gasteiger partial charge < -0.3 is 10.1 Å². The molecule has 3 heterocycles. The molecule has 1 N–H and O–H groups in total. The van der Waals surface area contributed by atoms with E-state index < -0.39 is 5.97 Å². The van der Waals surface area contributed by atoms with Crippen molar-refractivity contribution in [3.8, 4) is 0 Å². The fraction of sp³-hybridized carbons (Fsp3) is 0.250. The van der Waals surface area contributed by atoms with Crippen LogP contribution in [-0.2, 0) is 11.3 Å². The number of ether oxygens (including phenoxy) is 1. The number of carbonyl (C=O) groups excluding carboxylic acids is 1. The van der Waals surface area contributed by atoms with Gasteiger partial charge in [0.1, 0.15) is 17.3 Å². The maximum Gasteiger partial charge on any atom is 0.360 e. The Hall–Kier alpha value is -2.74. The largest absolute Gasteiger partial charge is 0.454 e. The van der Waals surface area contributed by atoms with Crippen molar-refractivity contribution >= 4 is 28.0 Å². The van der Waals surface area contributed by atoms with E-state index >= 15 is 0 Å². The molecular formula is C16H16N4O3S. The lowest BCUT2D eigenvalue weighted by atomic mass is 10.3. The molecule has 0 fully saturated rings. The summed E-state index contributed by atoms with van der Waals surface area (Å²) in [7, 11) is 0. The molecule has 3 aromatic rings. The molecule has 8 heteroatoms. The summed E-state index contributed by atoms with van der Waals surface area (Å²) in [5, 5.41) is 3.73. The van der Waals surface area contributed by atoms with Crippen molar-refractivity contribution in [2.45, 2.75) is 20.5 Å². The van der Waals surface area contributed by atoms with E-state index in [1.807, 2.05) is 26.0 Å². The molecule has 0 spiro atoms. The molecular weight excluding hydrogens is 328 g/mol. The Labute approximate surface area is 142 Å². The van der Waals surface area contributed by atoms with Gasteiger partial charge in [-0.3, -0.25) is 9.20 Å². The van der Waals surface area contributed by atoms with E-state index in [2.05, 4.69) is 15.3 Å². The van der Waals surface area contributed by atoms with Crippen LogP contribution in [0.25, 0.3) is 5.65 Å². The Morgan fingerprint density at radius 3 is 3.04 bits per heavy atom. The van der Waals surface area contributed by atoms with Gasteiger partial charge in [0, 0.05) is 18.3 Å². The number of rotatable bonds is 5. The van der Waals surface area contributed by atoms with Crippen molar-refractivity contribution in [2.24, 2.45) is 0 Å². The zero-order valence-electron chi connectivity index (χ0n) is 13.3. The number of pyridine rings is 1. The maximum atomic E-state index is 12.2. The highest BCUT2D eigenvalue weighted by Crippen LogP contribution is 2.20. The van der Waals surface area contributed by atoms with Crippen molar-refractivity contribution < 1.29 is 9.53 Å². The van der Waals surface area contributed by atoms with Crippen LogP contribution in [0.1, 0.15) is 28.8 Å². The molecule has 7 nitrogen and oxygen atoms in total. The number of thiazole rings is 1. The summed E-state index contributed by atoms with van der Waals surface area (Å²) in [4.78, 5) is 32.7. The summed E-state index contributed by atoms with van der Waals surface area (Å²) in [5.74, 6) is -0.543. The molecule has 0 saturated heterocycles. The topological polar surface area (TPSA) is 85.6 Å². The van der Waals surface area contributed by atoms with Crippen LogP contribution >= 0.6 is 11.3 Å². The number of fused-ring (bicyclic) bond motifs is 1. The van der Waals surface area contributed by atoms with Crippen molar-refractivity contribution in [1.82, 2.24) is 14.4 Å². The molecule has 0 aliphatic rings. The molecule has 0 aromatic carbocycles. The van der Waals surface area contributed by atoms with Crippen LogP contribution < -0.4 is 10.9 Å². The summed E-state index contributed by atoms with van der Waals surface area (Å²) in [6.07, 6.45) is 0. The summed E-state index contributed by atoms with van der Waals surface area (Å²) in [6.45, 7) is 4.37. The van der Waals surface area contributed by atoms with Crippen molar-refractivity contribution in [3.05, 3.63) is 57.2 Å². The quantitative estimate of drug-likeness (QED) is 0.715. The number of aromatic nitrogens is 3. The van der Waals surface area contributed by atoms with Crippen molar-refractivity contribution in [1.29, 1.82) is 0 Å². The molecule has 0 unspecified atom stereocenters. The third kappa shape index (κ3) is 3.13. The van der Waals surface area contributed by atoms with Crippen LogP contribution in [0.2, 0.25) is 0 Å². The number of aryl methyl sites for hydroxylation is 1. The minimum absolute atomic E-state index is 0.0817. The fourth-order valence-electron chi connectivity index (χ4n) is 2.32. The zero-order valence-corrected chi connectivity index (χ0v) is 14.1. The number of hydrogen-bond acceptors (Lipinski definition) is 7. The number of esters is 1. The predicted molar refractivity (Wildman–Crippen MR) is 91.6 cm³/mol. The molecule has 0 aliphatic heterocycles. The normalized spacial score (nSPS) is 10.8. The Bertz CT molecular complexity index is 948. The van der Waals surface area contributed by atoms with E-state index in [-0.39, 0.29) is 17.9 Å². The fourth-order valence-corrected chi connectivity index (χ4v) is 3.06. The number of nitrogens with one attached hydrogen (secondary N) is 1. The highest BCUT2D eigenvalue weighted by Gasteiger charge is 2.16. The average Bonchev–Trinajstić information content (AvgIpc) is 3.01. The summed E-state index contributed by atoms with van der Waals surface area (Å²) in [6, 6.07) is 6.77. The molecule has 124 valence electrons. The van der Waals surface area contributed by atoms with Gasteiger partial charge in [-0.15, -0.1) is 11.3 Å². The second kappa shape index (κ2) is 6.79. The molecule has 24 heavy (non-hydrogen) atoms. The van der Waals surface area contributed by atoms with Gasteiger partial charge in [-0.25, -0.2) is 14.8 Å². The van der Waals surface area contributed by atoms with Gasteiger partial charge in [0.25, 0.3) is 5.56 Å². The van der Waals surface area contributed by atoms with Gasteiger partial charge in [0.15, 0.2) is 5.69 Å². The molecule has 0 amide bonds. The molecule has 0 atom stereocenters. The minimum atomic E-state index is -0.543. The van der Waals surface area contributed by atoms with Gasteiger partial charge >= 0.3 is 5.97 Å². The monoisotopic (exact) mass is 344 g/mol. The predicted octanol–water partition coefficient (Wildman–Crippen LogP) is 2.25. The first-order chi connectivity index (χ1) is 11.6. The summed E-state index contributed by atoms with van der Waals surface area (Å²) >= 11 is 1.34. The molecule has 0 bridgehead atoms. The molecule has 3 rings (SSSR count). The van der Waals surface area contributed by atoms with Crippen molar-refractivity contribution in [3.63, 3.8) is 0 Å². The number of nitrogens with zero attached hydrogens (tertiary/aromatic N) is 3. The van der Waals surface area contributed by atoms with E-state index in [4.69, 9.17) is 4.74 Å². The van der Waals surface area contributed by atoms with Gasteiger partial charge in [-0.1, -0.05) is 6.07 Å². The molecule has 0 radical (unpaired) electrons. The third-order valence-corrected chi connectivity index (χ3v) is 4.17. The first kappa shape index (κ1) is 16.1. The standard InChI is InChI=1S/C16H16N4O3S/c1-3-17-15-14(18-9-24-15)16(22)23-8-11-7-13(21)20-10(2)5-4-6-12(20)19-11/h4-7,9,17H,3,8H2,1-2H3. The van der Waals surface area contributed by atoms with E-state index in [1.165, 1.54) is 21.8 Å².